The largest absolute Gasteiger partial charge is 0.495 e. The molecule has 1 atom stereocenters. The van der Waals surface area contributed by atoms with E-state index >= 15 is 0 Å². The molecule has 0 spiro atoms. The molecule has 2 rings (SSSR count). The van der Waals surface area contributed by atoms with E-state index in [1.165, 1.54) is 12.1 Å². The number of aryl methyl sites for hydroxylation is 1. The van der Waals surface area contributed by atoms with E-state index < -0.39 is 6.04 Å². The van der Waals surface area contributed by atoms with E-state index in [-0.39, 0.29) is 5.91 Å². The molecule has 0 saturated carbocycles. The third-order valence-corrected chi connectivity index (χ3v) is 4.42. The Morgan fingerprint density at radius 2 is 1.71 bits per heavy atom. The minimum Gasteiger partial charge on any atom is -0.495 e. The molecular formula is C17H17Cl3N2O2. The molecule has 4 nitrogen and oxygen atoms in total. The lowest BCUT2D eigenvalue weighted by atomic mass is 10.2. The van der Waals surface area contributed by atoms with E-state index in [0.717, 1.165) is 11.3 Å². The number of carbonyl (C=O) groups is 1. The average Bonchev–Trinajstić information content (AvgIpc) is 2.52. The van der Waals surface area contributed by atoms with Gasteiger partial charge < -0.3 is 15.4 Å². The van der Waals surface area contributed by atoms with Gasteiger partial charge in [-0.15, -0.1) is 0 Å². The third-order valence-electron chi connectivity index (χ3n) is 3.39. The van der Waals surface area contributed by atoms with Crippen molar-refractivity contribution in [2.75, 3.05) is 17.7 Å². The second kappa shape index (κ2) is 7.97. The molecule has 128 valence electrons. The summed E-state index contributed by atoms with van der Waals surface area (Å²) >= 11 is 17.9. The molecule has 1 unspecified atom stereocenters. The number of rotatable bonds is 5. The van der Waals surface area contributed by atoms with Gasteiger partial charge in [-0.05, 0) is 43.7 Å². The van der Waals surface area contributed by atoms with Gasteiger partial charge in [0.25, 0.3) is 0 Å². The lowest BCUT2D eigenvalue weighted by molar-refractivity contribution is -0.116. The Labute approximate surface area is 156 Å². The number of carbonyl (C=O) groups excluding carboxylic acids is 1. The molecule has 1 amide bonds. The average molecular weight is 388 g/mol. The first kappa shape index (κ1) is 18.7. The number of anilines is 2. The van der Waals surface area contributed by atoms with E-state index in [1.54, 1.807) is 14.0 Å². The Morgan fingerprint density at radius 1 is 1.04 bits per heavy atom. The van der Waals surface area contributed by atoms with E-state index in [9.17, 15) is 4.79 Å². The van der Waals surface area contributed by atoms with Crippen LogP contribution in [0.5, 0.6) is 5.75 Å². The molecule has 0 aliphatic heterocycles. The maximum atomic E-state index is 12.4. The summed E-state index contributed by atoms with van der Waals surface area (Å²) in [5, 5.41) is 6.83. The normalized spacial score (nSPS) is 11.8. The third kappa shape index (κ3) is 4.47. The predicted octanol–water partition coefficient (Wildman–Crippen LogP) is 5.40. The molecule has 0 heterocycles. The number of hydrogen-bond acceptors (Lipinski definition) is 3. The van der Waals surface area contributed by atoms with Gasteiger partial charge in [0.2, 0.25) is 5.91 Å². The molecule has 0 radical (unpaired) electrons. The predicted molar refractivity (Wildman–Crippen MR) is 101 cm³/mol. The van der Waals surface area contributed by atoms with Crippen LogP contribution in [0.25, 0.3) is 0 Å². The molecular weight excluding hydrogens is 371 g/mol. The molecule has 24 heavy (non-hydrogen) atoms. The second-order valence-electron chi connectivity index (χ2n) is 5.31. The van der Waals surface area contributed by atoms with Crippen molar-refractivity contribution in [3.05, 3.63) is 51.0 Å². The molecule has 0 saturated heterocycles. The molecule has 0 aromatic heterocycles. The van der Waals surface area contributed by atoms with Crippen molar-refractivity contribution >= 4 is 52.1 Å². The lowest BCUT2D eigenvalue weighted by Gasteiger charge is -2.18. The van der Waals surface area contributed by atoms with Crippen molar-refractivity contribution in [1.29, 1.82) is 0 Å². The first-order valence-electron chi connectivity index (χ1n) is 7.18. The Hall–Kier alpha value is -1.62. The van der Waals surface area contributed by atoms with Gasteiger partial charge in [-0.2, -0.15) is 0 Å². The van der Waals surface area contributed by atoms with E-state index in [4.69, 9.17) is 39.5 Å². The number of benzene rings is 2. The van der Waals surface area contributed by atoms with Crippen molar-refractivity contribution < 1.29 is 9.53 Å². The maximum Gasteiger partial charge on any atom is 0.246 e. The summed E-state index contributed by atoms with van der Waals surface area (Å²) in [6.45, 7) is 3.70. The molecule has 7 heteroatoms. The zero-order valence-electron chi connectivity index (χ0n) is 13.4. The number of ether oxygens (including phenoxy) is 1. The van der Waals surface area contributed by atoms with Gasteiger partial charge in [0, 0.05) is 0 Å². The van der Waals surface area contributed by atoms with Crippen LogP contribution in [0.15, 0.2) is 30.3 Å². The Kier molecular flexibility index (Phi) is 6.21. The second-order valence-corrected chi connectivity index (χ2v) is 6.53. The van der Waals surface area contributed by atoms with Crippen LogP contribution in [0.4, 0.5) is 11.4 Å². The fourth-order valence-corrected chi connectivity index (χ4v) is 2.69. The van der Waals surface area contributed by atoms with Crippen LogP contribution in [-0.4, -0.2) is 19.1 Å². The molecule has 2 aromatic rings. The summed E-state index contributed by atoms with van der Waals surface area (Å²) in [7, 11) is 1.58. The van der Waals surface area contributed by atoms with Gasteiger partial charge >= 0.3 is 0 Å². The Balaban J connectivity index is 2.13. The number of nitrogens with one attached hydrogen (secondary N) is 2. The first-order valence-corrected chi connectivity index (χ1v) is 8.31. The molecule has 0 aliphatic rings. The van der Waals surface area contributed by atoms with Gasteiger partial charge in [-0.3, -0.25) is 4.79 Å². The molecule has 2 aromatic carbocycles. The standard InChI is InChI=1S/C17H17Cl3N2O2/c1-9-4-5-16(24-3)15(6-9)21-10(2)17(23)22-14-8-12(19)11(18)7-13(14)20/h4-8,10,21H,1-3H3,(H,22,23). The SMILES string of the molecule is COc1ccc(C)cc1NC(C)C(=O)Nc1cc(Cl)c(Cl)cc1Cl. The van der Waals surface area contributed by atoms with Crippen LogP contribution in [0.3, 0.4) is 0 Å². The summed E-state index contributed by atoms with van der Waals surface area (Å²) in [5.74, 6) is 0.395. The van der Waals surface area contributed by atoms with Gasteiger partial charge in [-0.25, -0.2) is 0 Å². The minimum atomic E-state index is -0.522. The maximum absolute atomic E-state index is 12.4. The Bertz CT molecular complexity index is 766. The quantitative estimate of drug-likeness (QED) is 0.675. The van der Waals surface area contributed by atoms with Crippen molar-refractivity contribution in [1.82, 2.24) is 0 Å². The smallest absolute Gasteiger partial charge is 0.246 e. The highest BCUT2D eigenvalue weighted by molar-refractivity contribution is 6.44. The zero-order valence-corrected chi connectivity index (χ0v) is 15.7. The van der Waals surface area contributed by atoms with Crippen LogP contribution >= 0.6 is 34.8 Å². The minimum absolute atomic E-state index is 0.265. The summed E-state index contributed by atoms with van der Waals surface area (Å²) < 4.78 is 5.30. The fourth-order valence-electron chi connectivity index (χ4n) is 2.09. The van der Waals surface area contributed by atoms with Crippen LogP contribution in [-0.2, 0) is 4.79 Å². The van der Waals surface area contributed by atoms with Crippen molar-refractivity contribution in [2.45, 2.75) is 19.9 Å². The van der Waals surface area contributed by atoms with E-state index in [0.29, 0.717) is 26.5 Å². The highest BCUT2D eigenvalue weighted by Crippen LogP contribution is 2.32. The van der Waals surface area contributed by atoms with Crippen LogP contribution in [0, 0.1) is 6.92 Å². The van der Waals surface area contributed by atoms with Gasteiger partial charge in [-0.1, -0.05) is 40.9 Å². The number of methoxy groups -OCH3 is 1. The van der Waals surface area contributed by atoms with Crippen molar-refractivity contribution in [2.24, 2.45) is 0 Å². The van der Waals surface area contributed by atoms with Crippen molar-refractivity contribution in [3.63, 3.8) is 0 Å². The van der Waals surface area contributed by atoms with Crippen LogP contribution in [0.1, 0.15) is 12.5 Å². The summed E-state index contributed by atoms with van der Waals surface area (Å²) in [6, 6.07) is 8.18. The Morgan fingerprint density at radius 3 is 2.38 bits per heavy atom. The number of amides is 1. The first-order chi connectivity index (χ1) is 11.3. The van der Waals surface area contributed by atoms with Crippen LogP contribution < -0.4 is 15.4 Å². The van der Waals surface area contributed by atoms with E-state index in [1.807, 2.05) is 25.1 Å². The number of halogens is 3. The molecule has 0 fully saturated rings. The van der Waals surface area contributed by atoms with Crippen molar-refractivity contribution in [3.8, 4) is 5.75 Å². The molecule has 2 N–H and O–H groups in total. The summed E-state index contributed by atoms with van der Waals surface area (Å²) in [5.41, 5.74) is 2.19. The highest BCUT2D eigenvalue weighted by Gasteiger charge is 2.17. The van der Waals surface area contributed by atoms with E-state index in [2.05, 4.69) is 10.6 Å². The molecule has 0 aliphatic carbocycles. The highest BCUT2D eigenvalue weighted by atomic mass is 35.5. The van der Waals surface area contributed by atoms with Gasteiger partial charge in [0.15, 0.2) is 0 Å². The van der Waals surface area contributed by atoms with Gasteiger partial charge in [0.1, 0.15) is 11.8 Å². The van der Waals surface area contributed by atoms with Gasteiger partial charge in [0.05, 0.1) is 33.6 Å². The fraction of sp³-hybridized carbons (Fsp3) is 0.235. The summed E-state index contributed by atoms with van der Waals surface area (Å²) in [4.78, 5) is 12.4. The number of hydrogen-bond donors (Lipinski definition) is 2. The van der Waals surface area contributed by atoms with Crippen LogP contribution in [0.2, 0.25) is 15.1 Å². The topological polar surface area (TPSA) is 50.4 Å². The summed E-state index contributed by atoms with van der Waals surface area (Å²) in [6.07, 6.45) is 0. The monoisotopic (exact) mass is 386 g/mol. The zero-order chi connectivity index (χ0) is 17.9. The molecule has 0 bridgehead atoms. The lowest BCUT2D eigenvalue weighted by Crippen LogP contribution is -2.32.